The number of hydrogen-bond acceptors (Lipinski definition) is 18. The van der Waals surface area contributed by atoms with E-state index < -0.39 is 71.4 Å². The Hall–Kier alpha value is -5.79. The summed E-state index contributed by atoms with van der Waals surface area (Å²) < 4.78 is 18.2. The molecule has 0 aliphatic heterocycles. The summed E-state index contributed by atoms with van der Waals surface area (Å²) >= 11 is 0. The van der Waals surface area contributed by atoms with Gasteiger partial charge < -0.3 is 14.2 Å². The van der Waals surface area contributed by atoms with Crippen molar-refractivity contribution in [2.24, 2.45) is 0 Å². The molecular formula is C45H72N6O18. The molecule has 0 aromatic carbocycles. The average Bonchev–Trinajstić information content (AvgIpc) is 3.32. The van der Waals surface area contributed by atoms with Gasteiger partial charge in [0.1, 0.15) is 0 Å². The number of amides is 3. The Balaban J connectivity index is 3.91. The van der Waals surface area contributed by atoms with Gasteiger partial charge in [-0.15, -0.1) is 0 Å². The second-order valence-corrected chi connectivity index (χ2v) is 14.5. The number of carbonyl (C=O) groups is 6. The number of esters is 3. The van der Waals surface area contributed by atoms with Crippen LogP contribution in [0.4, 0.5) is 0 Å². The van der Waals surface area contributed by atoms with Gasteiger partial charge in [-0.3, -0.25) is 14.4 Å². The molecule has 1 aromatic rings. The van der Waals surface area contributed by atoms with E-state index in [2.05, 4.69) is 19.7 Å². The van der Waals surface area contributed by atoms with E-state index in [1.165, 1.54) is 0 Å². The molecule has 0 N–H and O–H groups in total. The van der Waals surface area contributed by atoms with Gasteiger partial charge in [-0.1, -0.05) is 54.7 Å². The second kappa shape index (κ2) is 35.3. The monoisotopic (exact) mass is 984 g/mol. The third-order valence-electron chi connectivity index (χ3n) is 9.47. The average molecular weight is 985 g/mol. The minimum atomic E-state index is -1.73. The summed E-state index contributed by atoms with van der Waals surface area (Å²) in [5.74, 6) is -4.55. The van der Waals surface area contributed by atoms with E-state index >= 15 is 0 Å². The molecule has 24 nitrogen and oxygen atoms in total. The number of aromatic nitrogens is 3. The van der Waals surface area contributed by atoms with Crippen molar-refractivity contribution in [3.63, 3.8) is 0 Å². The Kier molecular flexibility index (Phi) is 31.4. The lowest BCUT2D eigenvalue weighted by atomic mass is 10.1. The maximum absolute atomic E-state index is 14.7. The summed E-state index contributed by atoms with van der Waals surface area (Å²) in [6.07, 6.45) is -1.36. The van der Waals surface area contributed by atoms with E-state index in [9.17, 15) is 43.2 Å². The van der Waals surface area contributed by atoms with Crippen molar-refractivity contribution in [2.45, 2.75) is 157 Å². The van der Waals surface area contributed by atoms with Crippen molar-refractivity contribution in [1.29, 1.82) is 0 Å². The number of rotatable bonds is 39. The van der Waals surface area contributed by atoms with Gasteiger partial charge in [0.2, 0.25) is 0 Å². The van der Waals surface area contributed by atoms with Crippen LogP contribution >= 0.6 is 0 Å². The molecule has 1 aromatic heterocycles. The Morgan fingerprint density at radius 2 is 0.623 bits per heavy atom. The van der Waals surface area contributed by atoms with Crippen molar-refractivity contribution in [1.82, 2.24) is 29.4 Å². The Morgan fingerprint density at radius 1 is 0.406 bits per heavy atom. The highest BCUT2D eigenvalue weighted by atomic mass is 17.0. The molecule has 3 amide bonds. The van der Waals surface area contributed by atoms with Gasteiger partial charge in [0.15, 0.2) is 18.7 Å². The summed E-state index contributed by atoms with van der Waals surface area (Å²) in [4.78, 5) is 152. The molecule has 3 atom stereocenters. The predicted octanol–water partition coefficient (Wildman–Crippen LogP) is 4.90. The number of hydroxylamine groups is 6. The fraction of sp³-hybridized carbons (Fsp3) is 0.667. The molecule has 0 bridgehead atoms. The third kappa shape index (κ3) is 21.6. The molecule has 0 spiro atoms. The van der Waals surface area contributed by atoms with Crippen LogP contribution in [-0.4, -0.2) is 105 Å². The van der Waals surface area contributed by atoms with E-state index in [0.29, 0.717) is 33.0 Å². The Labute approximate surface area is 401 Å². The number of hydrogen-bond donors (Lipinski definition) is 0. The molecule has 69 heavy (non-hydrogen) atoms. The number of carbonyl (C=O) groups excluding carboxylic acids is 6. The summed E-state index contributed by atoms with van der Waals surface area (Å²) in [6, 6.07) is 0. The van der Waals surface area contributed by atoms with Gasteiger partial charge in [-0.2, -0.15) is 0 Å². The molecule has 24 heteroatoms. The van der Waals surface area contributed by atoms with Gasteiger partial charge in [-0.05, 0) is 80.1 Å². The molecule has 0 saturated heterocycles. The standard InChI is InChI=1S/C45H72N6O18/c1-10-40(55)67-37(31-25-19-22-28-34(52)49(61-13-4)62-14-5)46-43(58)47(38(68-41(56)11-2)32-26-20-23-29-35(53)50(63-15-6)64-16-7)45(60)48(44(46)59)39(69-42(57)12-3)33-27-21-24-30-36(54)51(65-17-8)66-18-9/h10-12,37-39H,1-3,13-33H2,4-9H3. The highest BCUT2D eigenvalue weighted by Crippen LogP contribution is 2.22. The predicted molar refractivity (Wildman–Crippen MR) is 245 cm³/mol. The smallest absolute Gasteiger partial charge is 0.342 e. The van der Waals surface area contributed by atoms with Crippen molar-refractivity contribution >= 4 is 35.6 Å². The van der Waals surface area contributed by atoms with Crippen LogP contribution in [0.2, 0.25) is 0 Å². The van der Waals surface area contributed by atoms with Crippen molar-refractivity contribution < 1.29 is 72.0 Å². The van der Waals surface area contributed by atoms with Gasteiger partial charge >= 0.3 is 35.0 Å². The van der Waals surface area contributed by atoms with Crippen molar-refractivity contribution in [3.8, 4) is 0 Å². The molecule has 0 saturated carbocycles. The molecule has 1 heterocycles. The zero-order chi connectivity index (χ0) is 51.7. The summed E-state index contributed by atoms with van der Waals surface area (Å²) in [5, 5.41) is 2.38. The van der Waals surface area contributed by atoms with Crippen LogP contribution in [-0.2, 0) is 72.0 Å². The van der Waals surface area contributed by atoms with E-state index in [0.717, 1.165) is 33.9 Å². The molecule has 0 radical (unpaired) electrons. The van der Waals surface area contributed by atoms with E-state index in [-0.39, 0.29) is 117 Å². The maximum Gasteiger partial charge on any atom is 0.342 e. The van der Waals surface area contributed by atoms with Crippen LogP contribution in [0.15, 0.2) is 52.3 Å². The van der Waals surface area contributed by atoms with E-state index in [4.69, 9.17) is 43.2 Å². The molecule has 390 valence electrons. The topological polar surface area (TPSA) is 261 Å². The van der Waals surface area contributed by atoms with Crippen LogP contribution in [0.25, 0.3) is 0 Å². The van der Waals surface area contributed by atoms with Crippen molar-refractivity contribution in [3.05, 3.63) is 69.4 Å². The first-order chi connectivity index (χ1) is 33.1. The fourth-order valence-corrected chi connectivity index (χ4v) is 6.44. The van der Waals surface area contributed by atoms with Crippen LogP contribution in [0.5, 0.6) is 0 Å². The van der Waals surface area contributed by atoms with Gasteiger partial charge in [0.25, 0.3) is 17.7 Å². The van der Waals surface area contributed by atoms with Crippen LogP contribution in [0.1, 0.15) is 157 Å². The molecule has 0 aliphatic rings. The summed E-state index contributed by atoms with van der Waals surface area (Å²) in [6.45, 7) is 21.4. The molecular weight excluding hydrogens is 913 g/mol. The first-order valence-corrected chi connectivity index (χ1v) is 23.4. The SMILES string of the molecule is C=CC(=O)OC(CCCCCC(=O)N(OCC)OCC)n1c(=O)n(C(CCCCCC(=O)N(OCC)OCC)OC(=O)C=C)c(=O)n(C(CCCCCC(=O)N(OCC)OCC)OC(=O)C=C)c1=O. The number of ether oxygens (including phenoxy) is 3. The molecule has 0 fully saturated rings. The minimum absolute atomic E-state index is 0.0155. The van der Waals surface area contributed by atoms with Crippen molar-refractivity contribution in [2.75, 3.05) is 39.6 Å². The number of unbranched alkanes of at least 4 members (excludes halogenated alkanes) is 6. The molecule has 1 rings (SSSR count). The highest BCUT2D eigenvalue weighted by Gasteiger charge is 2.32. The fourth-order valence-electron chi connectivity index (χ4n) is 6.44. The third-order valence-corrected chi connectivity index (χ3v) is 9.47. The van der Waals surface area contributed by atoms with Gasteiger partial charge in [0, 0.05) is 56.8 Å². The second-order valence-electron chi connectivity index (χ2n) is 14.5. The highest BCUT2D eigenvalue weighted by molar-refractivity contribution is 5.82. The summed E-state index contributed by atoms with van der Waals surface area (Å²) in [7, 11) is 0. The lowest BCUT2D eigenvalue weighted by Gasteiger charge is -2.27. The quantitative estimate of drug-likeness (QED) is 0.0279. The van der Waals surface area contributed by atoms with Crippen LogP contribution in [0.3, 0.4) is 0 Å². The van der Waals surface area contributed by atoms with Gasteiger partial charge in [-0.25, -0.2) is 71.5 Å². The lowest BCUT2D eigenvalue weighted by Crippen LogP contribution is -2.58. The zero-order valence-corrected chi connectivity index (χ0v) is 41.0. The largest absolute Gasteiger partial charge is 0.438 e. The molecule has 0 aliphatic carbocycles. The normalized spacial score (nSPS) is 12.3. The first kappa shape index (κ1) is 61.2. The van der Waals surface area contributed by atoms with Crippen LogP contribution in [0, 0.1) is 0 Å². The zero-order valence-electron chi connectivity index (χ0n) is 41.0. The Morgan fingerprint density at radius 3 is 0.812 bits per heavy atom. The van der Waals surface area contributed by atoms with E-state index in [1.807, 2.05) is 0 Å². The lowest BCUT2D eigenvalue weighted by molar-refractivity contribution is -0.338. The maximum atomic E-state index is 14.7. The van der Waals surface area contributed by atoms with Crippen LogP contribution < -0.4 is 17.1 Å². The minimum Gasteiger partial charge on any atom is -0.438 e. The molecule has 3 unspecified atom stereocenters. The van der Waals surface area contributed by atoms with E-state index in [1.54, 1.807) is 41.5 Å². The van der Waals surface area contributed by atoms with Gasteiger partial charge in [0.05, 0.1) is 39.6 Å². The summed E-state index contributed by atoms with van der Waals surface area (Å²) in [5.41, 5.74) is -4.07. The Bertz CT molecular complexity index is 1720. The first-order valence-electron chi connectivity index (χ1n) is 23.4. The number of nitrogens with zero attached hydrogens (tertiary/aromatic N) is 6.